The summed E-state index contributed by atoms with van der Waals surface area (Å²) in [4.78, 5) is 0. The van der Waals surface area contributed by atoms with Crippen molar-refractivity contribution in [2.45, 2.75) is 94.4 Å². The van der Waals surface area contributed by atoms with E-state index in [1.54, 1.807) is 21.3 Å². The number of ether oxygens (including phenoxy) is 2. The highest BCUT2D eigenvalue weighted by atomic mass is 28.5. The standard InChI is InChI=1S/C21H42O8Si3/c1-23-31(15-22,11-9-16-5-7-18-20(13-16)26-18)28-30(4)29-32(24-2,25-3)12-10-17-6-8-19-21(14-17)27-19/h16-22,30H,5-15H2,1-4H3. The molecule has 0 aromatic carbocycles. The molecular formula is C21H42O8Si3. The van der Waals surface area contributed by atoms with Crippen molar-refractivity contribution in [2.75, 3.05) is 27.6 Å². The zero-order valence-corrected chi connectivity index (χ0v) is 23.3. The third-order valence-electron chi connectivity index (χ3n) is 7.98. The number of aliphatic hydroxyl groups excluding tert-OH is 1. The van der Waals surface area contributed by atoms with Crippen molar-refractivity contribution in [1.29, 1.82) is 0 Å². The van der Waals surface area contributed by atoms with Crippen molar-refractivity contribution in [3.8, 4) is 0 Å². The van der Waals surface area contributed by atoms with Crippen LogP contribution in [0.1, 0.15) is 51.4 Å². The Morgan fingerprint density at radius 2 is 1.34 bits per heavy atom. The quantitative estimate of drug-likeness (QED) is 0.284. The maximum absolute atomic E-state index is 10.2. The van der Waals surface area contributed by atoms with E-state index >= 15 is 0 Å². The molecule has 11 heteroatoms. The molecule has 2 saturated carbocycles. The number of hydrogen-bond acceptors (Lipinski definition) is 8. The molecule has 1 N–H and O–H groups in total. The first-order valence-electron chi connectivity index (χ1n) is 12.4. The van der Waals surface area contributed by atoms with Gasteiger partial charge in [-0.1, -0.05) is 0 Å². The zero-order valence-electron chi connectivity index (χ0n) is 20.1. The van der Waals surface area contributed by atoms with Gasteiger partial charge in [0.05, 0.1) is 30.6 Å². The van der Waals surface area contributed by atoms with Crippen molar-refractivity contribution >= 4 is 26.6 Å². The first-order chi connectivity index (χ1) is 15.4. The number of rotatable bonds is 14. The minimum absolute atomic E-state index is 0.0569. The van der Waals surface area contributed by atoms with Crippen molar-refractivity contribution in [2.24, 2.45) is 11.8 Å². The molecule has 2 heterocycles. The molecular weight excluding hydrogens is 464 g/mol. The summed E-state index contributed by atoms with van der Waals surface area (Å²) in [6.45, 7) is 2.00. The van der Waals surface area contributed by atoms with Gasteiger partial charge < -0.3 is 36.1 Å². The van der Waals surface area contributed by atoms with Crippen LogP contribution in [-0.4, -0.2) is 83.7 Å². The second-order valence-corrected chi connectivity index (χ2v) is 18.8. The Morgan fingerprint density at radius 3 is 1.81 bits per heavy atom. The second-order valence-electron chi connectivity index (χ2n) is 10.0. The van der Waals surface area contributed by atoms with Gasteiger partial charge in [-0.05, 0) is 75.8 Å². The van der Waals surface area contributed by atoms with Crippen molar-refractivity contribution in [1.82, 2.24) is 0 Å². The fraction of sp³-hybridized carbons (Fsp3) is 1.00. The predicted molar refractivity (Wildman–Crippen MR) is 126 cm³/mol. The number of epoxide rings is 2. The minimum atomic E-state index is -2.82. The molecule has 186 valence electrons. The van der Waals surface area contributed by atoms with Crippen LogP contribution in [0.2, 0.25) is 18.6 Å². The van der Waals surface area contributed by atoms with E-state index in [1.807, 2.05) is 6.55 Å². The molecule has 0 amide bonds. The molecule has 8 nitrogen and oxygen atoms in total. The third kappa shape index (κ3) is 6.31. The Hall–Kier alpha value is 0.331. The Bertz CT molecular complexity index is 556. The van der Waals surface area contributed by atoms with Gasteiger partial charge in [0.15, 0.2) is 0 Å². The molecule has 8 unspecified atom stereocenters. The van der Waals surface area contributed by atoms with Gasteiger partial charge in [-0.25, -0.2) is 0 Å². The van der Waals surface area contributed by atoms with Crippen LogP contribution in [-0.2, 0) is 31.0 Å². The summed E-state index contributed by atoms with van der Waals surface area (Å²) in [5, 5.41) is 10.2. The van der Waals surface area contributed by atoms with E-state index in [2.05, 4.69) is 0 Å². The van der Waals surface area contributed by atoms with Crippen molar-refractivity contribution < 1.29 is 36.1 Å². The van der Waals surface area contributed by atoms with E-state index in [-0.39, 0.29) is 6.23 Å². The van der Waals surface area contributed by atoms with Gasteiger partial charge in [-0.15, -0.1) is 0 Å². The lowest BCUT2D eigenvalue weighted by molar-refractivity contribution is 0.140. The largest absolute Gasteiger partial charge is 0.491 e. The van der Waals surface area contributed by atoms with Gasteiger partial charge in [-0.3, -0.25) is 0 Å². The molecule has 32 heavy (non-hydrogen) atoms. The van der Waals surface area contributed by atoms with E-state index in [0.29, 0.717) is 36.3 Å². The predicted octanol–water partition coefficient (Wildman–Crippen LogP) is 2.64. The molecule has 2 aliphatic carbocycles. The first-order valence-corrected chi connectivity index (χ1v) is 18.6. The molecule has 2 saturated heterocycles. The molecule has 4 aliphatic rings. The Balaban J connectivity index is 1.27. The number of fused-ring (bicyclic) bond motifs is 2. The summed E-state index contributed by atoms with van der Waals surface area (Å²) in [6.07, 6.45) is 11.0. The van der Waals surface area contributed by atoms with Gasteiger partial charge >= 0.3 is 26.6 Å². The van der Waals surface area contributed by atoms with E-state index in [9.17, 15) is 5.11 Å². The lowest BCUT2D eigenvalue weighted by Gasteiger charge is -2.35. The van der Waals surface area contributed by atoms with Crippen LogP contribution in [0.25, 0.3) is 0 Å². The summed E-state index contributed by atoms with van der Waals surface area (Å²) in [5.41, 5.74) is 0. The topological polar surface area (TPSA) is 91.4 Å². The van der Waals surface area contributed by atoms with E-state index in [4.69, 9.17) is 31.0 Å². The molecule has 4 fully saturated rings. The Morgan fingerprint density at radius 1 is 0.781 bits per heavy atom. The maximum Gasteiger partial charge on any atom is 0.491 e. The highest BCUT2D eigenvalue weighted by molar-refractivity contribution is 6.77. The lowest BCUT2D eigenvalue weighted by Crippen LogP contribution is -2.54. The molecule has 0 spiro atoms. The Kier molecular flexibility index (Phi) is 8.69. The summed E-state index contributed by atoms with van der Waals surface area (Å²) >= 11 is 0. The smallest absolute Gasteiger partial charge is 0.416 e. The highest BCUT2D eigenvalue weighted by Crippen LogP contribution is 2.43. The van der Waals surface area contributed by atoms with Crippen LogP contribution in [0.5, 0.6) is 0 Å². The monoisotopic (exact) mass is 506 g/mol. The molecule has 0 aromatic rings. The summed E-state index contributed by atoms with van der Waals surface area (Å²) in [7, 11) is -2.67. The molecule has 0 radical (unpaired) electrons. The molecule has 0 aromatic heterocycles. The van der Waals surface area contributed by atoms with E-state index in [0.717, 1.165) is 44.2 Å². The minimum Gasteiger partial charge on any atom is -0.416 e. The van der Waals surface area contributed by atoms with Crippen molar-refractivity contribution in [3.05, 3.63) is 0 Å². The van der Waals surface area contributed by atoms with Gasteiger partial charge in [0.25, 0.3) is 0 Å². The lowest BCUT2D eigenvalue weighted by atomic mass is 9.88. The van der Waals surface area contributed by atoms with Crippen LogP contribution in [0.3, 0.4) is 0 Å². The molecule has 8 atom stereocenters. The van der Waals surface area contributed by atoms with Crippen LogP contribution in [0.15, 0.2) is 0 Å². The highest BCUT2D eigenvalue weighted by Gasteiger charge is 2.48. The van der Waals surface area contributed by atoms with Crippen molar-refractivity contribution in [3.63, 3.8) is 0 Å². The van der Waals surface area contributed by atoms with E-state index in [1.165, 1.54) is 19.3 Å². The first kappa shape index (κ1) is 25.4. The summed E-state index contributed by atoms with van der Waals surface area (Å²) in [5.74, 6) is 1.28. The maximum atomic E-state index is 10.2. The van der Waals surface area contributed by atoms with Gasteiger partial charge in [-0.2, -0.15) is 0 Å². The number of aliphatic hydroxyl groups is 1. The van der Waals surface area contributed by atoms with Gasteiger partial charge in [0, 0.05) is 27.4 Å². The molecule has 4 rings (SSSR count). The average Bonchev–Trinajstić information content (AvgIpc) is 3.73. The third-order valence-corrected chi connectivity index (χ3v) is 18.2. The van der Waals surface area contributed by atoms with Crippen LogP contribution in [0.4, 0.5) is 0 Å². The normalized spacial score (nSPS) is 36.7. The summed E-state index contributed by atoms with van der Waals surface area (Å²) in [6, 6.07) is 1.57. The van der Waals surface area contributed by atoms with Crippen LogP contribution in [0, 0.1) is 11.8 Å². The van der Waals surface area contributed by atoms with E-state index < -0.39 is 26.6 Å². The molecule has 0 bridgehead atoms. The fourth-order valence-corrected chi connectivity index (χ4v) is 15.9. The van der Waals surface area contributed by atoms with Gasteiger partial charge in [0.1, 0.15) is 0 Å². The Labute approximate surface area is 196 Å². The second kappa shape index (κ2) is 10.9. The average molecular weight is 507 g/mol. The SMILES string of the molecule is CO[Si](CO)(CCC1CCC2OC2C1)O[SiH](C)O[Si](CCC1CCC2OC2C1)(OC)OC. The number of hydrogen-bond donors (Lipinski definition) is 1. The van der Waals surface area contributed by atoms with Crippen LogP contribution >= 0.6 is 0 Å². The summed E-state index contributed by atoms with van der Waals surface area (Å²) < 4.78 is 41.8. The fourth-order valence-electron chi connectivity index (χ4n) is 5.71. The van der Waals surface area contributed by atoms with Crippen LogP contribution < -0.4 is 0 Å². The molecule has 2 aliphatic heterocycles. The zero-order chi connectivity index (χ0) is 22.8. The van der Waals surface area contributed by atoms with Gasteiger partial charge in [0.2, 0.25) is 0 Å².